The minimum Gasteiger partial charge on any atom is -0.439 e. The molecule has 0 saturated carbocycles. The van der Waals surface area contributed by atoms with Crippen LogP contribution in [0, 0.1) is 0 Å². The van der Waals surface area contributed by atoms with E-state index in [1.54, 1.807) is 36.5 Å². The minimum absolute atomic E-state index is 0.202. The molecule has 1 aromatic heterocycles. The van der Waals surface area contributed by atoms with Crippen molar-refractivity contribution in [2.45, 2.75) is 24.9 Å². The van der Waals surface area contributed by atoms with E-state index in [1.807, 2.05) is 12.1 Å². The van der Waals surface area contributed by atoms with Gasteiger partial charge in [0.2, 0.25) is 5.88 Å². The molecule has 0 spiro atoms. The van der Waals surface area contributed by atoms with Crippen LogP contribution in [-0.4, -0.2) is 41.4 Å². The van der Waals surface area contributed by atoms with Crippen LogP contribution in [0.1, 0.15) is 29.6 Å². The number of rotatable bonds is 6. The SMILES string of the molecule is O=C(NCCC1(O)CCCOC1)c1cccc(Oc2ccccn2)c1. The van der Waals surface area contributed by atoms with Crippen LogP contribution in [0.3, 0.4) is 0 Å². The summed E-state index contributed by atoms with van der Waals surface area (Å²) >= 11 is 0. The Morgan fingerprint density at radius 1 is 1.32 bits per heavy atom. The number of hydrogen-bond acceptors (Lipinski definition) is 5. The third-order valence-corrected chi connectivity index (χ3v) is 4.13. The second-order valence-corrected chi connectivity index (χ2v) is 6.18. The zero-order valence-electron chi connectivity index (χ0n) is 14.0. The molecule has 2 heterocycles. The average Bonchev–Trinajstić information content (AvgIpc) is 2.63. The Morgan fingerprint density at radius 2 is 2.24 bits per heavy atom. The van der Waals surface area contributed by atoms with Crippen LogP contribution in [0.25, 0.3) is 0 Å². The standard InChI is InChI=1S/C19H22N2O4/c22-18(21-11-9-19(23)8-4-12-24-14-19)15-5-3-6-16(13-15)25-17-7-1-2-10-20-17/h1-3,5-7,10,13,23H,4,8-9,11-12,14H2,(H,21,22). The topological polar surface area (TPSA) is 80.7 Å². The summed E-state index contributed by atoms with van der Waals surface area (Å²) in [4.78, 5) is 16.4. The molecular weight excluding hydrogens is 320 g/mol. The largest absolute Gasteiger partial charge is 0.439 e. The van der Waals surface area contributed by atoms with E-state index in [-0.39, 0.29) is 5.91 Å². The summed E-state index contributed by atoms with van der Waals surface area (Å²) in [6, 6.07) is 12.3. The van der Waals surface area contributed by atoms with Gasteiger partial charge in [0, 0.05) is 31.0 Å². The number of carbonyl (C=O) groups excluding carboxylic acids is 1. The van der Waals surface area contributed by atoms with Crippen molar-refractivity contribution in [2.24, 2.45) is 0 Å². The van der Waals surface area contributed by atoms with Crippen LogP contribution in [0.4, 0.5) is 0 Å². The molecule has 1 aromatic carbocycles. The molecule has 2 aromatic rings. The van der Waals surface area contributed by atoms with Crippen LogP contribution >= 0.6 is 0 Å². The lowest BCUT2D eigenvalue weighted by atomic mass is 9.93. The van der Waals surface area contributed by atoms with Crippen molar-refractivity contribution in [3.05, 3.63) is 54.2 Å². The van der Waals surface area contributed by atoms with Gasteiger partial charge in [-0.2, -0.15) is 0 Å². The van der Waals surface area contributed by atoms with Gasteiger partial charge >= 0.3 is 0 Å². The highest BCUT2D eigenvalue weighted by molar-refractivity contribution is 5.94. The Bertz CT molecular complexity index is 700. The summed E-state index contributed by atoms with van der Waals surface area (Å²) in [5.74, 6) is 0.817. The number of pyridine rings is 1. The van der Waals surface area contributed by atoms with Crippen LogP contribution in [0.5, 0.6) is 11.6 Å². The highest BCUT2D eigenvalue weighted by atomic mass is 16.5. The summed E-state index contributed by atoms with van der Waals surface area (Å²) in [6.07, 6.45) is 3.67. The van der Waals surface area contributed by atoms with Crippen LogP contribution < -0.4 is 10.1 Å². The van der Waals surface area contributed by atoms with Gasteiger partial charge in [-0.25, -0.2) is 4.98 Å². The number of aromatic nitrogens is 1. The number of aliphatic hydroxyl groups is 1. The number of carbonyl (C=O) groups is 1. The van der Waals surface area contributed by atoms with Gasteiger partial charge in [-0.15, -0.1) is 0 Å². The molecule has 3 rings (SSSR count). The van der Waals surface area contributed by atoms with Crippen molar-refractivity contribution >= 4 is 5.91 Å². The maximum atomic E-state index is 12.3. The molecule has 0 bridgehead atoms. The number of nitrogens with one attached hydrogen (secondary N) is 1. The zero-order chi connectivity index (χ0) is 17.5. The van der Waals surface area contributed by atoms with Crippen molar-refractivity contribution in [1.82, 2.24) is 10.3 Å². The van der Waals surface area contributed by atoms with Gasteiger partial charge in [-0.3, -0.25) is 4.79 Å². The van der Waals surface area contributed by atoms with Gasteiger partial charge in [-0.05, 0) is 43.5 Å². The first-order valence-electron chi connectivity index (χ1n) is 8.42. The molecular formula is C19H22N2O4. The highest BCUT2D eigenvalue weighted by Crippen LogP contribution is 2.22. The predicted molar refractivity (Wildman–Crippen MR) is 92.7 cm³/mol. The Hall–Kier alpha value is -2.44. The molecule has 25 heavy (non-hydrogen) atoms. The van der Waals surface area contributed by atoms with Gasteiger partial charge < -0.3 is 19.9 Å². The zero-order valence-corrected chi connectivity index (χ0v) is 14.0. The van der Waals surface area contributed by atoms with Gasteiger partial charge in [0.1, 0.15) is 5.75 Å². The molecule has 1 saturated heterocycles. The molecule has 1 fully saturated rings. The van der Waals surface area contributed by atoms with Crippen LogP contribution in [-0.2, 0) is 4.74 Å². The van der Waals surface area contributed by atoms with Crippen molar-refractivity contribution in [3.8, 4) is 11.6 Å². The third-order valence-electron chi connectivity index (χ3n) is 4.13. The molecule has 1 aliphatic rings. The van der Waals surface area contributed by atoms with E-state index in [4.69, 9.17) is 9.47 Å². The van der Waals surface area contributed by atoms with E-state index in [1.165, 1.54) is 0 Å². The van der Waals surface area contributed by atoms with E-state index in [0.717, 1.165) is 6.42 Å². The second kappa shape index (κ2) is 8.09. The highest BCUT2D eigenvalue weighted by Gasteiger charge is 2.29. The van der Waals surface area contributed by atoms with Crippen LogP contribution in [0.2, 0.25) is 0 Å². The monoisotopic (exact) mass is 342 g/mol. The Kier molecular flexibility index (Phi) is 5.63. The summed E-state index contributed by atoms with van der Waals surface area (Å²) in [5, 5.41) is 13.2. The third kappa shape index (κ3) is 5.01. The quantitative estimate of drug-likeness (QED) is 0.843. The molecule has 0 aliphatic carbocycles. The van der Waals surface area contributed by atoms with Crippen molar-refractivity contribution < 1.29 is 19.4 Å². The van der Waals surface area contributed by atoms with Crippen LogP contribution in [0.15, 0.2) is 48.7 Å². The lowest BCUT2D eigenvalue weighted by Crippen LogP contribution is -2.41. The van der Waals surface area contributed by atoms with Gasteiger partial charge in [0.25, 0.3) is 5.91 Å². The smallest absolute Gasteiger partial charge is 0.251 e. The number of hydrogen-bond donors (Lipinski definition) is 2. The molecule has 6 heteroatoms. The van der Waals surface area contributed by atoms with E-state index < -0.39 is 5.60 Å². The lowest BCUT2D eigenvalue weighted by Gasteiger charge is -2.31. The molecule has 6 nitrogen and oxygen atoms in total. The molecule has 2 N–H and O–H groups in total. The Labute approximate surface area is 146 Å². The second-order valence-electron chi connectivity index (χ2n) is 6.18. The fraction of sp³-hybridized carbons (Fsp3) is 0.368. The number of amides is 1. The molecule has 0 radical (unpaired) electrons. The van der Waals surface area contributed by atoms with E-state index in [0.29, 0.717) is 49.8 Å². The van der Waals surface area contributed by atoms with Gasteiger partial charge in [-0.1, -0.05) is 12.1 Å². The average molecular weight is 342 g/mol. The summed E-state index contributed by atoms with van der Waals surface area (Å²) < 4.78 is 11.0. The molecule has 132 valence electrons. The van der Waals surface area contributed by atoms with Crippen molar-refractivity contribution in [3.63, 3.8) is 0 Å². The Balaban J connectivity index is 1.54. The summed E-state index contributed by atoms with van der Waals surface area (Å²) in [5.41, 5.74) is -0.338. The molecule has 1 aliphatic heterocycles. The summed E-state index contributed by atoms with van der Waals surface area (Å²) in [7, 11) is 0. The first kappa shape index (κ1) is 17.4. The number of benzene rings is 1. The number of ether oxygens (including phenoxy) is 2. The first-order chi connectivity index (χ1) is 12.1. The fourth-order valence-electron chi connectivity index (χ4n) is 2.77. The lowest BCUT2D eigenvalue weighted by molar-refractivity contribution is -0.0887. The molecule has 1 unspecified atom stereocenters. The maximum absolute atomic E-state index is 12.3. The van der Waals surface area contributed by atoms with E-state index in [2.05, 4.69) is 10.3 Å². The fourth-order valence-corrected chi connectivity index (χ4v) is 2.77. The molecule has 1 amide bonds. The normalized spacial score (nSPS) is 20.0. The minimum atomic E-state index is -0.838. The van der Waals surface area contributed by atoms with E-state index >= 15 is 0 Å². The molecule has 1 atom stereocenters. The summed E-state index contributed by atoms with van der Waals surface area (Å²) in [6.45, 7) is 1.41. The number of nitrogens with zero attached hydrogens (tertiary/aromatic N) is 1. The van der Waals surface area contributed by atoms with Gasteiger partial charge in [0.05, 0.1) is 12.2 Å². The van der Waals surface area contributed by atoms with Gasteiger partial charge in [0.15, 0.2) is 0 Å². The maximum Gasteiger partial charge on any atom is 0.251 e. The van der Waals surface area contributed by atoms with Crippen molar-refractivity contribution in [1.29, 1.82) is 0 Å². The predicted octanol–water partition coefficient (Wildman–Crippen LogP) is 2.54. The van der Waals surface area contributed by atoms with Crippen molar-refractivity contribution in [2.75, 3.05) is 19.8 Å². The Morgan fingerprint density at radius 3 is 3.00 bits per heavy atom. The van der Waals surface area contributed by atoms with E-state index in [9.17, 15) is 9.90 Å². The first-order valence-corrected chi connectivity index (χ1v) is 8.42.